The molecule has 28 heavy (non-hydrogen) atoms. The van der Waals surface area contributed by atoms with Crippen molar-refractivity contribution in [2.24, 2.45) is 0 Å². The second-order valence-corrected chi connectivity index (χ2v) is 7.58. The van der Waals surface area contributed by atoms with Crippen molar-refractivity contribution in [1.82, 2.24) is 10.2 Å². The molecule has 1 amide bonds. The van der Waals surface area contributed by atoms with Crippen molar-refractivity contribution in [2.75, 3.05) is 12.4 Å². The monoisotopic (exact) mass is 397 g/mol. The normalized spacial score (nSPS) is 11.8. The number of nitrogens with zero attached hydrogens (tertiary/aromatic N) is 2. The van der Waals surface area contributed by atoms with E-state index in [0.717, 1.165) is 23.4 Å². The maximum Gasteiger partial charge on any atom is 0.277 e. The molecule has 0 aliphatic carbocycles. The number of hydrogen-bond donors (Lipinski definition) is 1. The van der Waals surface area contributed by atoms with E-state index in [1.54, 1.807) is 7.11 Å². The fraction of sp³-hybridized carbons (Fsp3) is 0.286. The second-order valence-electron chi connectivity index (χ2n) is 6.29. The Morgan fingerprint density at radius 1 is 1.11 bits per heavy atom. The summed E-state index contributed by atoms with van der Waals surface area (Å²) in [6.07, 6.45) is 1.50. The van der Waals surface area contributed by atoms with Gasteiger partial charge in [0.05, 0.1) is 18.8 Å². The number of ether oxygens (including phenoxy) is 1. The Kier molecular flexibility index (Phi) is 6.71. The highest BCUT2D eigenvalue weighted by molar-refractivity contribution is 8.00. The van der Waals surface area contributed by atoms with Gasteiger partial charge >= 0.3 is 0 Å². The van der Waals surface area contributed by atoms with Crippen LogP contribution in [0.1, 0.15) is 30.9 Å². The van der Waals surface area contributed by atoms with Crippen LogP contribution >= 0.6 is 11.8 Å². The Balaban J connectivity index is 1.54. The Morgan fingerprint density at radius 2 is 1.79 bits per heavy atom. The van der Waals surface area contributed by atoms with Crippen LogP contribution < -0.4 is 10.1 Å². The highest BCUT2D eigenvalue weighted by atomic mass is 32.2. The average molecular weight is 398 g/mol. The zero-order chi connectivity index (χ0) is 19.9. The molecule has 0 aliphatic heterocycles. The third-order valence-corrected chi connectivity index (χ3v) is 5.17. The van der Waals surface area contributed by atoms with Crippen LogP contribution in [0.2, 0.25) is 0 Å². The minimum Gasteiger partial charge on any atom is -0.497 e. The van der Waals surface area contributed by atoms with Crippen LogP contribution in [0.15, 0.2) is 58.2 Å². The van der Waals surface area contributed by atoms with Gasteiger partial charge in [-0.1, -0.05) is 43.0 Å². The molecule has 3 rings (SSSR count). The van der Waals surface area contributed by atoms with Gasteiger partial charge in [0.15, 0.2) is 0 Å². The number of methoxy groups -OCH3 is 1. The largest absolute Gasteiger partial charge is 0.497 e. The van der Waals surface area contributed by atoms with Gasteiger partial charge in [0.1, 0.15) is 5.75 Å². The molecule has 6 nitrogen and oxygen atoms in total. The Morgan fingerprint density at radius 3 is 2.43 bits per heavy atom. The molecule has 0 saturated heterocycles. The van der Waals surface area contributed by atoms with E-state index in [2.05, 4.69) is 22.4 Å². The first-order chi connectivity index (χ1) is 13.6. The van der Waals surface area contributed by atoms with Crippen LogP contribution in [0.3, 0.4) is 0 Å². The predicted molar refractivity (Wildman–Crippen MR) is 110 cm³/mol. The molecule has 0 fully saturated rings. The summed E-state index contributed by atoms with van der Waals surface area (Å²) in [5.74, 6) is 1.20. The predicted octanol–water partition coefficient (Wildman–Crippen LogP) is 4.35. The third kappa shape index (κ3) is 5.36. The summed E-state index contributed by atoms with van der Waals surface area (Å²) >= 11 is 1.24. The van der Waals surface area contributed by atoms with Gasteiger partial charge < -0.3 is 14.5 Å². The molecule has 0 bridgehead atoms. The SMILES string of the molecule is CCc1ccc(NC(=O)C(C)Sc2nnc(Cc3ccc(OC)cc3)o2)cc1. The van der Waals surface area contributed by atoms with Gasteiger partial charge in [-0.05, 0) is 48.7 Å². The number of carbonyl (C=O) groups is 1. The van der Waals surface area contributed by atoms with Crippen molar-refractivity contribution in [3.05, 3.63) is 65.5 Å². The first kappa shape index (κ1) is 19.9. The second kappa shape index (κ2) is 9.41. The number of anilines is 1. The summed E-state index contributed by atoms with van der Waals surface area (Å²) in [4.78, 5) is 12.4. The first-order valence-corrected chi connectivity index (χ1v) is 9.97. The summed E-state index contributed by atoms with van der Waals surface area (Å²) in [6.45, 7) is 3.91. The van der Waals surface area contributed by atoms with Crippen LogP contribution in [0.4, 0.5) is 5.69 Å². The first-order valence-electron chi connectivity index (χ1n) is 9.09. The fourth-order valence-corrected chi connectivity index (χ4v) is 3.25. The smallest absolute Gasteiger partial charge is 0.277 e. The standard InChI is InChI=1S/C21H23N3O3S/c1-4-15-5-9-17(10-6-15)22-20(25)14(2)28-21-24-23-19(27-21)13-16-7-11-18(26-3)12-8-16/h5-12,14H,4,13H2,1-3H3,(H,22,25). The van der Waals surface area contributed by atoms with E-state index in [4.69, 9.17) is 9.15 Å². The summed E-state index contributed by atoms with van der Waals surface area (Å²) < 4.78 is 10.8. The van der Waals surface area contributed by atoms with Gasteiger partial charge in [0.25, 0.3) is 5.22 Å². The number of benzene rings is 2. The summed E-state index contributed by atoms with van der Waals surface area (Å²) in [5.41, 5.74) is 3.05. The molecular weight excluding hydrogens is 374 g/mol. The highest BCUT2D eigenvalue weighted by Gasteiger charge is 2.18. The lowest BCUT2D eigenvalue weighted by molar-refractivity contribution is -0.115. The van der Waals surface area contributed by atoms with Crippen molar-refractivity contribution >= 4 is 23.4 Å². The maximum atomic E-state index is 12.4. The third-order valence-electron chi connectivity index (χ3n) is 4.24. The van der Waals surface area contributed by atoms with Crippen molar-refractivity contribution in [3.8, 4) is 5.75 Å². The molecule has 1 N–H and O–H groups in total. The fourth-order valence-electron chi connectivity index (χ4n) is 2.55. The topological polar surface area (TPSA) is 77.2 Å². The molecular formula is C21H23N3O3S. The van der Waals surface area contributed by atoms with Gasteiger partial charge in [-0.2, -0.15) is 0 Å². The number of aromatic nitrogens is 2. The number of hydrogen-bond acceptors (Lipinski definition) is 6. The molecule has 146 valence electrons. The Hall–Kier alpha value is -2.80. The number of thioether (sulfide) groups is 1. The lowest BCUT2D eigenvalue weighted by atomic mass is 10.1. The minimum absolute atomic E-state index is 0.107. The molecule has 1 unspecified atom stereocenters. The van der Waals surface area contributed by atoms with Crippen molar-refractivity contribution in [3.63, 3.8) is 0 Å². The Labute approximate surface area is 168 Å². The van der Waals surface area contributed by atoms with Crippen LogP contribution in [0.25, 0.3) is 0 Å². The van der Waals surface area contributed by atoms with Crippen LogP contribution in [0.5, 0.6) is 5.75 Å². The van der Waals surface area contributed by atoms with E-state index in [-0.39, 0.29) is 11.2 Å². The molecule has 1 atom stereocenters. The number of rotatable bonds is 8. The van der Waals surface area contributed by atoms with E-state index in [0.29, 0.717) is 17.5 Å². The number of amides is 1. The minimum atomic E-state index is -0.361. The molecule has 0 aliphatic rings. The molecule has 7 heteroatoms. The van der Waals surface area contributed by atoms with Crippen LogP contribution in [-0.4, -0.2) is 28.5 Å². The highest BCUT2D eigenvalue weighted by Crippen LogP contribution is 2.24. The molecule has 1 aromatic heterocycles. The maximum absolute atomic E-state index is 12.4. The van der Waals surface area contributed by atoms with Gasteiger partial charge in [0.2, 0.25) is 11.8 Å². The van der Waals surface area contributed by atoms with Gasteiger partial charge in [-0.15, -0.1) is 10.2 Å². The van der Waals surface area contributed by atoms with E-state index in [1.165, 1.54) is 17.3 Å². The van der Waals surface area contributed by atoms with Gasteiger partial charge in [0, 0.05) is 5.69 Å². The van der Waals surface area contributed by atoms with E-state index in [9.17, 15) is 4.79 Å². The molecule has 3 aromatic rings. The van der Waals surface area contributed by atoms with Crippen LogP contribution in [-0.2, 0) is 17.6 Å². The lowest BCUT2D eigenvalue weighted by Gasteiger charge is -2.10. The molecule has 0 radical (unpaired) electrons. The molecule has 1 heterocycles. The molecule has 2 aromatic carbocycles. The summed E-state index contributed by atoms with van der Waals surface area (Å²) in [6, 6.07) is 15.5. The quantitative estimate of drug-likeness (QED) is 0.570. The molecule has 0 spiro atoms. The van der Waals surface area contributed by atoms with Crippen molar-refractivity contribution in [2.45, 2.75) is 37.2 Å². The van der Waals surface area contributed by atoms with Crippen molar-refractivity contribution < 1.29 is 13.9 Å². The zero-order valence-corrected chi connectivity index (χ0v) is 17.0. The molecule has 0 saturated carbocycles. The number of carbonyl (C=O) groups excluding carboxylic acids is 1. The number of aryl methyl sites for hydroxylation is 1. The van der Waals surface area contributed by atoms with E-state index < -0.39 is 0 Å². The average Bonchev–Trinajstić information content (AvgIpc) is 3.15. The zero-order valence-electron chi connectivity index (χ0n) is 16.1. The van der Waals surface area contributed by atoms with Gasteiger partial charge in [-0.3, -0.25) is 4.79 Å². The van der Waals surface area contributed by atoms with Gasteiger partial charge in [-0.25, -0.2) is 0 Å². The number of nitrogens with one attached hydrogen (secondary N) is 1. The van der Waals surface area contributed by atoms with Crippen molar-refractivity contribution in [1.29, 1.82) is 0 Å². The lowest BCUT2D eigenvalue weighted by Crippen LogP contribution is -2.22. The summed E-state index contributed by atoms with van der Waals surface area (Å²) in [7, 11) is 1.63. The van der Waals surface area contributed by atoms with Crippen LogP contribution in [0, 0.1) is 0 Å². The van der Waals surface area contributed by atoms with E-state index in [1.807, 2.05) is 55.5 Å². The van der Waals surface area contributed by atoms with E-state index >= 15 is 0 Å². The Bertz CT molecular complexity index is 907. The summed E-state index contributed by atoms with van der Waals surface area (Å²) in [5, 5.41) is 11.0.